The molecule has 0 heterocycles. The second kappa shape index (κ2) is 8.01. The molecule has 0 amide bonds. The van der Waals surface area contributed by atoms with Crippen LogP contribution in [-0.2, 0) is 14.8 Å². The number of hydrogen-bond acceptors (Lipinski definition) is 3. The van der Waals surface area contributed by atoms with E-state index in [4.69, 9.17) is 16.7 Å². The number of aliphatic carboxylic acids is 1. The average molecular weight is 382 g/mol. The first kappa shape index (κ1) is 18.8. The molecule has 0 saturated heterocycles. The van der Waals surface area contributed by atoms with E-state index < -0.39 is 21.8 Å². The first-order chi connectivity index (χ1) is 11.8. The van der Waals surface area contributed by atoms with E-state index in [2.05, 4.69) is 16.6 Å². The zero-order valence-corrected chi connectivity index (χ0v) is 14.4. The molecule has 130 valence electrons. The Morgan fingerprint density at radius 3 is 2.52 bits per heavy atom. The van der Waals surface area contributed by atoms with Gasteiger partial charge >= 0.3 is 5.97 Å². The van der Waals surface area contributed by atoms with Crippen molar-refractivity contribution < 1.29 is 22.7 Å². The first-order valence-electron chi connectivity index (χ1n) is 7.06. The van der Waals surface area contributed by atoms with Crippen molar-refractivity contribution in [2.24, 2.45) is 0 Å². The van der Waals surface area contributed by atoms with Crippen LogP contribution in [0.1, 0.15) is 18.4 Å². The Hall–Kier alpha value is -2.56. The minimum absolute atomic E-state index is 0.103. The fraction of sp³-hybridized carbons (Fsp3) is 0.118. The van der Waals surface area contributed by atoms with Crippen LogP contribution >= 0.6 is 11.6 Å². The van der Waals surface area contributed by atoms with E-state index in [9.17, 15) is 17.6 Å². The Labute approximate surface area is 149 Å². The van der Waals surface area contributed by atoms with Gasteiger partial charge in [0.25, 0.3) is 10.0 Å². The molecule has 0 aliphatic rings. The van der Waals surface area contributed by atoms with E-state index in [1.54, 1.807) is 0 Å². The predicted octanol–water partition coefficient (Wildman–Crippen LogP) is 3.50. The first-order valence-corrected chi connectivity index (χ1v) is 8.92. The maximum absolute atomic E-state index is 13.0. The highest BCUT2D eigenvalue weighted by Gasteiger charge is 2.16. The molecule has 0 atom stereocenters. The van der Waals surface area contributed by atoms with Crippen LogP contribution in [-0.4, -0.2) is 19.5 Å². The summed E-state index contributed by atoms with van der Waals surface area (Å²) in [6, 6.07) is 8.79. The number of nitrogens with one attached hydrogen (secondary N) is 1. The van der Waals surface area contributed by atoms with Crippen molar-refractivity contribution in [1.82, 2.24) is 0 Å². The maximum atomic E-state index is 13.0. The lowest BCUT2D eigenvalue weighted by atomic mass is 10.2. The van der Waals surface area contributed by atoms with Gasteiger partial charge in [-0.2, -0.15) is 0 Å². The van der Waals surface area contributed by atoms with Crippen molar-refractivity contribution in [3.63, 3.8) is 0 Å². The molecular formula is C17H13ClFNO4S. The van der Waals surface area contributed by atoms with Gasteiger partial charge in [-0.25, -0.2) is 12.8 Å². The number of rotatable bonds is 5. The number of anilines is 1. The van der Waals surface area contributed by atoms with Gasteiger partial charge < -0.3 is 5.11 Å². The fourth-order valence-corrected chi connectivity index (χ4v) is 3.11. The molecule has 2 rings (SSSR count). The molecule has 0 radical (unpaired) electrons. The number of carboxylic acid groups (broad SMARTS) is 1. The van der Waals surface area contributed by atoms with E-state index in [1.165, 1.54) is 18.2 Å². The number of carbonyl (C=O) groups is 1. The summed E-state index contributed by atoms with van der Waals surface area (Å²) in [6.45, 7) is 0. The Morgan fingerprint density at radius 2 is 1.88 bits per heavy atom. The molecule has 0 unspecified atom stereocenters. The van der Waals surface area contributed by atoms with E-state index in [0.717, 1.165) is 24.3 Å². The number of benzene rings is 2. The summed E-state index contributed by atoms with van der Waals surface area (Å²) in [7, 11) is -3.93. The third kappa shape index (κ3) is 5.48. The molecule has 0 fully saturated rings. The van der Waals surface area contributed by atoms with Gasteiger partial charge in [0.15, 0.2) is 0 Å². The molecule has 2 N–H and O–H groups in total. The fourth-order valence-electron chi connectivity index (χ4n) is 1.85. The second-order valence-corrected chi connectivity index (χ2v) is 7.06. The van der Waals surface area contributed by atoms with E-state index in [0.29, 0.717) is 10.6 Å². The molecule has 0 saturated carbocycles. The lowest BCUT2D eigenvalue weighted by molar-refractivity contribution is -0.136. The highest BCUT2D eigenvalue weighted by atomic mass is 35.5. The molecule has 0 bridgehead atoms. The highest BCUT2D eigenvalue weighted by Crippen LogP contribution is 2.23. The van der Waals surface area contributed by atoms with E-state index >= 15 is 0 Å². The molecule has 8 heteroatoms. The quantitative estimate of drug-likeness (QED) is 0.776. The topological polar surface area (TPSA) is 83.5 Å². The van der Waals surface area contributed by atoms with Crippen LogP contribution in [0, 0.1) is 17.7 Å². The van der Waals surface area contributed by atoms with Gasteiger partial charge in [-0.05, 0) is 42.5 Å². The Kier molecular flexibility index (Phi) is 6.02. The van der Waals surface area contributed by atoms with Gasteiger partial charge in [-0.3, -0.25) is 9.52 Å². The van der Waals surface area contributed by atoms with Crippen molar-refractivity contribution in [3.8, 4) is 11.8 Å². The molecule has 2 aromatic rings. The lowest BCUT2D eigenvalue weighted by Crippen LogP contribution is -2.13. The molecular weight excluding hydrogens is 369 g/mol. The van der Waals surface area contributed by atoms with Crippen LogP contribution in [0.15, 0.2) is 47.4 Å². The summed E-state index contributed by atoms with van der Waals surface area (Å²) in [6.07, 6.45) is -0.00377. The molecule has 0 aromatic heterocycles. The van der Waals surface area contributed by atoms with Crippen molar-refractivity contribution in [1.29, 1.82) is 0 Å². The zero-order chi connectivity index (χ0) is 18.4. The Morgan fingerprint density at radius 1 is 1.20 bits per heavy atom. The minimum atomic E-state index is -3.93. The Bertz CT molecular complexity index is 947. The van der Waals surface area contributed by atoms with Crippen molar-refractivity contribution >= 4 is 33.3 Å². The molecule has 25 heavy (non-hydrogen) atoms. The molecule has 5 nitrogen and oxygen atoms in total. The third-order valence-electron chi connectivity index (χ3n) is 3.04. The van der Waals surface area contributed by atoms with Crippen molar-refractivity contribution in [2.75, 3.05) is 4.72 Å². The summed E-state index contributed by atoms with van der Waals surface area (Å²) in [4.78, 5) is 10.4. The van der Waals surface area contributed by atoms with Crippen LogP contribution < -0.4 is 4.72 Å². The average Bonchev–Trinajstić information content (AvgIpc) is 2.54. The summed E-state index contributed by atoms with van der Waals surface area (Å²) in [5.41, 5.74) is 0.500. The minimum Gasteiger partial charge on any atom is -0.481 e. The molecule has 0 aliphatic heterocycles. The van der Waals surface area contributed by atoms with Gasteiger partial charge in [-0.1, -0.05) is 23.4 Å². The maximum Gasteiger partial charge on any atom is 0.304 e. The van der Waals surface area contributed by atoms with Crippen molar-refractivity contribution in [2.45, 2.75) is 17.7 Å². The molecule has 0 spiro atoms. The van der Waals surface area contributed by atoms with Gasteiger partial charge in [-0.15, -0.1) is 0 Å². The Balaban J connectivity index is 2.29. The van der Waals surface area contributed by atoms with Crippen LogP contribution in [0.4, 0.5) is 10.1 Å². The SMILES string of the molecule is O=C(O)CCC#Cc1cc(Cl)ccc1NS(=O)(=O)c1ccc(F)cc1. The summed E-state index contributed by atoms with van der Waals surface area (Å²) < 4.78 is 40.1. The van der Waals surface area contributed by atoms with Crippen LogP contribution in [0.3, 0.4) is 0 Å². The standard InChI is InChI=1S/C17H13ClFNO4S/c18-13-5-10-16(12(11-13)3-1-2-4-17(21)22)20-25(23,24)15-8-6-14(19)7-9-15/h5-11,20H,2,4H2,(H,21,22). The number of halogens is 2. The molecule has 2 aromatic carbocycles. The normalized spacial score (nSPS) is 10.6. The smallest absolute Gasteiger partial charge is 0.304 e. The van der Waals surface area contributed by atoms with Gasteiger partial charge in [0, 0.05) is 11.4 Å². The predicted molar refractivity (Wildman–Crippen MR) is 92.4 cm³/mol. The zero-order valence-electron chi connectivity index (χ0n) is 12.8. The highest BCUT2D eigenvalue weighted by molar-refractivity contribution is 7.92. The number of sulfonamides is 1. The van der Waals surface area contributed by atoms with E-state index in [1.807, 2.05) is 0 Å². The second-order valence-electron chi connectivity index (χ2n) is 4.94. The van der Waals surface area contributed by atoms with Crippen LogP contribution in [0.2, 0.25) is 5.02 Å². The summed E-state index contributed by atoms with van der Waals surface area (Å²) in [5, 5.41) is 8.95. The van der Waals surface area contributed by atoms with Gasteiger partial charge in [0.2, 0.25) is 0 Å². The third-order valence-corrected chi connectivity index (χ3v) is 4.65. The number of carboxylic acids is 1. The van der Waals surface area contributed by atoms with E-state index in [-0.39, 0.29) is 23.4 Å². The van der Waals surface area contributed by atoms with Crippen LogP contribution in [0.5, 0.6) is 0 Å². The monoisotopic (exact) mass is 381 g/mol. The lowest BCUT2D eigenvalue weighted by Gasteiger charge is -2.10. The summed E-state index contributed by atoms with van der Waals surface area (Å²) >= 11 is 5.90. The van der Waals surface area contributed by atoms with Crippen molar-refractivity contribution in [3.05, 3.63) is 58.9 Å². The van der Waals surface area contributed by atoms with Crippen LogP contribution in [0.25, 0.3) is 0 Å². The van der Waals surface area contributed by atoms with Gasteiger partial charge in [0.05, 0.1) is 22.6 Å². The molecule has 0 aliphatic carbocycles. The number of hydrogen-bond donors (Lipinski definition) is 2. The summed E-state index contributed by atoms with van der Waals surface area (Å²) in [5.74, 6) is 3.85. The largest absolute Gasteiger partial charge is 0.481 e. The van der Waals surface area contributed by atoms with Gasteiger partial charge in [0.1, 0.15) is 5.82 Å².